The molecule has 2 fully saturated rings. The molecular weight excluding hydrogens is 238 g/mol. The standard InChI is InChI=1S/C11H21N3O2S/c12-11(13)7-14(10-3-1-2-4-10)17(15,16)8-9-5-6-9/h9-10H,1-8H2,(H3,12,13). The van der Waals surface area contributed by atoms with Gasteiger partial charge in [-0.2, -0.15) is 4.31 Å². The van der Waals surface area contributed by atoms with E-state index in [0.29, 0.717) is 5.92 Å². The summed E-state index contributed by atoms with van der Waals surface area (Å²) in [6, 6.07) is 0.0719. The van der Waals surface area contributed by atoms with Crippen LogP contribution in [0.1, 0.15) is 38.5 Å². The zero-order chi connectivity index (χ0) is 12.5. The van der Waals surface area contributed by atoms with E-state index in [9.17, 15) is 8.42 Å². The summed E-state index contributed by atoms with van der Waals surface area (Å²) in [6.45, 7) is 0.0692. The molecule has 2 rings (SSSR count). The molecule has 2 aliphatic carbocycles. The number of hydrogen-bond acceptors (Lipinski definition) is 3. The minimum Gasteiger partial charge on any atom is -0.387 e. The fourth-order valence-electron chi connectivity index (χ4n) is 2.49. The van der Waals surface area contributed by atoms with Crippen molar-refractivity contribution in [3.8, 4) is 0 Å². The van der Waals surface area contributed by atoms with Crippen LogP contribution in [-0.2, 0) is 10.0 Å². The predicted molar refractivity (Wildman–Crippen MR) is 67.4 cm³/mol. The van der Waals surface area contributed by atoms with Gasteiger partial charge in [0.1, 0.15) is 5.84 Å². The summed E-state index contributed by atoms with van der Waals surface area (Å²) in [5.74, 6) is 0.531. The number of nitrogens with two attached hydrogens (primary N) is 1. The second kappa shape index (κ2) is 4.94. The second-order valence-corrected chi connectivity index (χ2v) is 7.20. The Labute approximate surface area is 103 Å². The van der Waals surface area contributed by atoms with E-state index in [4.69, 9.17) is 11.1 Å². The van der Waals surface area contributed by atoms with Crippen molar-refractivity contribution in [1.29, 1.82) is 5.41 Å². The average Bonchev–Trinajstić information content (AvgIpc) is 2.86. The molecule has 0 aliphatic heterocycles. The third-order valence-corrected chi connectivity index (χ3v) is 5.59. The lowest BCUT2D eigenvalue weighted by molar-refractivity contribution is 0.352. The van der Waals surface area contributed by atoms with Crippen molar-refractivity contribution < 1.29 is 8.42 Å². The van der Waals surface area contributed by atoms with Gasteiger partial charge in [-0.25, -0.2) is 8.42 Å². The molecule has 0 aromatic heterocycles. The van der Waals surface area contributed by atoms with Crippen LogP contribution in [0, 0.1) is 11.3 Å². The van der Waals surface area contributed by atoms with Crippen molar-refractivity contribution in [3.63, 3.8) is 0 Å². The van der Waals surface area contributed by atoms with Crippen molar-refractivity contribution in [2.24, 2.45) is 11.7 Å². The minimum absolute atomic E-state index is 0.0590. The maximum atomic E-state index is 12.3. The summed E-state index contributed by atoms with van der Waals surface area (Å²) in [5, 5.41) is 7.34. The summed E-state index contributed by atoms with van der Waals surface area (Å²) >= 11 is 0. The Balaban J connectivity index is 2.09. The van der Waals surface area contributed by atoms with Gasteiger partial charge < -0.3 is 5.73 Å². The van der Waals surface area contributed by atoms with Gasteiger partial charge in [0, 0.05) is 6.04 Å². The highest BCUT2D eigenvalue weighted by atomic mass is 32.2. The van der Waals surface area contributed by atoms with Crippen LogP contribution in [0.5, 0.6) is 0 Å². The van der Waals surface area contributed by atoms with Crippen molar-refractivity contribution in [2.45, 2.75) is 44.6 Å². The van der Waals surface area contributed by atoms with E-state index >= 15 is 0 Å². The normalized spacial score (nSPS) is 22.2. The lowest BCUT2D eigenvalue weighted by Gasteiger charge is -2.27. The van der Waals surface area contributed by atoms with Gasteiger partial charge in [0.2, 0.25) is 10.0 Å². The molecule has 0 radical (unpaired) electrons. The maximum absolute atomic E-state index is 12.3. The molecule has 3 N–H and O–H groups in total. The van der Waals surface area contributed by atoms with Crippen LogP contribution in [0.2, 0.25) is 0 Å². The zero-order valence-corrected chi connectivity index (χ0v) is 10.9. The molecule has 17 heavy (non-hydrogen) atoms. The van der Waals surface area contributed by atoms with Crippen LogP contribution >= 0.6 is 0 Å². The van der Waals surface area contributed by atoms with Gasteiger partial charge >= 0.3 is 0 Å². The molecule has 0 heterocycles. The topological polar surface area (TPSA) is 87.2 Å². The minimum atomic E-state index is -3.23. The van der Waals surface area contributed by atoms with Gasteiger partial charge in [-0.3, -0.25) is 5.41 Å². The second-order valence-electron chi connectivity index (χ2n) is 5.23. The SMILES string of the molecule is N=C(N)CN(C1CCCC1)S(=O)(=O)CC1CC1. The first-order valence-corrected chi connectivity index (χ1v) is 7.92. The highest BCUT2D eigenvalue weighted by molar-refractivity contribution is 7.89. The van der Waals surface area contributed by atoms with Crippen molar-refractivity contribution in [1.82, 2.24) is 4.31 Å². The number of rotatable bonds is 6. The molecule has 2 aliphatic rings. The molecule has 0 saturated heterocycles. The Hall–Kier alpha value is -0.620. The molecule has 6 heteroatoms. The first-order chi connectivity index (χ1) is 7.99. The zero-order valence-electron chi connectivity index (χ0n) is 10.1. The molecule has 0 aromatic rings. The van der Waals surface area contributed by atoms with E-state index in [-0.39, 0.29) is 24.2 Å². The lowest BCUT2D eigenvalue weighted by Crippen LogP contribution is -2.45. The number of amidine groups is 1. The summed E-state index contributed by atoms with van der Waals surface area (Å²) in [5.41, 5.74) is 5.38. The molecule has 0 aromatic carbocycles. The van der Waals surface area contributed by atoms with Crippen LogP contribution in [0.15, 0.2) is 0 Å². The molecule has 0 atom stereocenters. The number of hydrogen-bond donors (Lipinski definition) is 2. The lowest BCUT2D eigenvalue weighted by atomic mass is 10.2. The first kappa shape index (κ1) is 12.8. The largest absolute Gasteiger partial charge is 0.387 e. The summed E-state index contributed by atoms with van der Waals surface area (Å²) in [4.78, 5) is 0. The van der Waals surface area contributed by atoms with Gasteiger partial charge in [0.25, 0.3) is 0 Å². The quantitative estimate of drug-likeness (QED) is 0.549. The monoisotopic (exact) mass is 259 g/mol. The fraction of sp³-hybridized carbons (Fsp3) is 0.909. The molecule has 0 spiro atoms. The van der Waals surface area contributed by atoms with Gasteiger partial charge in [-0.1, -0.05) is 12.8 Å². The van der Waals surface area contributed by atoms with Crippen LogP contribution in [0.25, 0.3) is 0 Å². The smallest absolute Gasteiger partial charge is 0.215 e. The fourth-order valence-corrected chi connectivity index (χ4v) is 4.61. The summed E-state index contributed by atoms with van der Waals surface area (Å²) in [7, 11) is -3.23. The summed E-state index contributed by atoms with van der Waals surface area (Å²) in [6.07, 6.45) is 6.04. The highest BCUT2D eigenvalue weighted by Gasteiger charge is 2.36. The Morgan fingerprint density at radius 3 is 2.29 bits per heavy atom. The number of nitrogens with one attached hydrogen (secondary N) is 1. The van der Waals surface area contributed by atoms with Gasteiger partial charge in [-0.15, -0.1) is 0 Å². The molecule has 2 saturated carbocycles. The molecule has 5 nitrogen and oxygen atoms in total. The number of nitrogens with zero attached hydrogens (tertiary/aromatic N) is 1. The summed E-state index contributed by atoms with van der Waals surface area (Å²) < 4.78 is 26.0. The average molecular weight is 259 g/mol. The Morgan fingerprint density at radius 1 is 1.24 bits per heavy atom. The third-order valence-electron chi connectivity index (χ3n) is 3.56. The van der Waals surface area contributed by atoms with Crippen LogP contribution in [-0.4, -0.2) is 36.9 Å². The third kappa shape index (κ3) is 3.42. The van der Waals surface area contributed by atoms with Crippen LogP contribution in [0.4, 0.5) is 0 Å². The van der Waals surface area contributed by atoms with E-state index in [1.54, 1.807) is 0 Å². The van der Waals surface area contributed by atoms with E-state index < -0.39 is 10.0 Å². The van der Waals surface area contributed by atoms with Crippen LogP contribution < -0.4 is 5.73 Å². The van der Waals surface area contributed by atoms with E-state index in [1.807, 2.05) is 0 Å². The van der Waals surface area contributed by atoms with Crippen molar-refractivity contribution in [2.75, 3.05) is 12.3 Å². The van der Waals surface area contributed by atoms with Crippen molar-refractivity contribution in [3.05, 3.63) is 0 Å². The van der Waals surface area contributed by atoms with E-state index in [2.05, 4.69) is 0 Å². The van der Waals surface area contributed by atoms with Gasteiger partial charge in [-0.05, 0) is 31.6 Å². The highest BCUT2D eigenvalue weighted by Crippen LogP contribution is 2.33. The molecule has 0 amide bonds. The van der Waals surface area contributed by atoms with E-state index in [0.717, 1.165) is 38.5 Å². The molecule has 0 bridgehead atoms. The molecule has 0 unspecified atom stereocenters. The van der Waals surface area contributed by atoms with Crippen LogP contribution in [0.3, 0.4) is 0 Å². The van der Waals surface area contributed by atoms with Crippen molar-refractivity contribution >= 4 is 15.9 Å². The Bertz CT molecular complexity index is 384. The van der Waals surface area contributed by atoms with E-state index in [1.165, 1.54) is 4.31 Å². The Morgan fingerprint density at radius 2 is 1.82 bits per heavy atom. The van der Waals surface area contributed by atoms with Gasteiger partial charge in [0.05, 0.1) is 12.3 Å². The first-order valence-electron chi connectivity index (χ1n) is 6.31. The Kier molecular flexibility index (Phi) is 3.73. The van der Waals surface area contributed by atoms with Gasteiger partial charge in [0.15, 0.2) is 0 Å². The maximum Gasteiger partial charge on any atom is 0.215 e. The number of sulfonamides is 1. The molecule has 98 valence electrons. The predicted octanol–water partition coefficient (Wildman–Crippen LogP) is 0.907. The molecular formula is C11H21N3O2S.